The molecule has 0 aromatic heterocycles. The molecule has 0 heterocycles. The number of hydrogen-bond acceptors (Lipinski definition) is 4. The number of sulfonamides is 1. The molecule has 0 aliphatic rings. The van der Waals surface area contributed by atoms with Gasteiger partial charge in [-0.25, -0.2) is 13.1 Å². The van der Waals surface area contributed by atoms with Crippen LogP contribution < -0.4 is 10.5 Å². The number of aryl methyl sites for hydroxylation is 2. The van der Waals surface area contributed by atoms with Gasteiger partial charge in [0.1, 0.15) is 4.90 Å². The van der Waals surface area contributed by atoms with Crippen LogP contribution in [0, 0.1) is 13.8 Å². The molecule has 108 valence electrons. The molecule has 0 saturated heterocycles. The minimum absolute atomic E-state index is 0.163. The van der Waals surface area contributed by atoms with E-state index in [9.17, 15) is 8.42 Å². The summed E-state index contributed by atoms with van der Waals surface area (Å²) in [6, 6.07) is 3.27. The monoisotopic (exact) mass is 286 g/mol. The Bertz CT molecular complexity index is 541. The quantitative estimate of drug-likeness (QED) is 0.778. The molecule has 19 heavy (non-hydrogen) atoms. The normalized spacial score (nSPS) is 13.5. The lowest BCUT2D eigenvalue weighted by Gasteiger charge is -2.17. The molecule has 0 fully saturated rings. The molecule has 0 amide bonds. The lowest BCUT2D eigenvalue weighted by atomic mass is 10.1. The molecule has 0 radical (unpaired) electrons. The fraction of sp³-hybridized carbons (Fsp3) is 0.538. The lowest BCUT2D eigenvalue weighted by molar-refractivity contribution is 0.133. The molecule has 1 atom stereocenters. The molecule has 1 rings (SSSR count). The molecule has 1 aromatic carbocycles. The van der Waals surface area contributed by atoms with Crippen molar-refractivity contribution in [1.29, 1.82) is 0 Å². The third-order valence-electron chi connectivity index (χ3n) is 2.81. The first kappa shape index (κ1) is 15.9. The van der Waals surface area contributed by atoms with Crippen LogP contribution in [-0.2, 0) is 14.8 Å². The molecule has 0 bridgehead atoms. The van der Waals surface area contributed by atoms with Gasteiger partial charge in [0.25, 0.3) is 0 Å². The average Bonchev–Trinajstić information content (AvgIpc) is 2.31. The molecule has 3 N–H and O–H groups in total. The highest BCUT2D eigenvalue weighted by Gasteiger charge is 2.23. The van der Waals surface area contributed by atoms with Crippen LogP contribution in [0.25, 0.3) is 0 Å². The summed E-state index contributed by atoms with van der Waals surface area (Å²) in [5, 5.41) is 0. The predicted molar refractivity (Wildman–Crippen MR) is 76.6 cm³/mol. The first-order valence-corrected chi connectivity index (χ1v) is 7.73. The molecule has 5 nitrogen and oxygen atoms in total. The van der Waals surface area contributed by atoms with Gasteiger partial charge in [0.05, 0.1) is 12.3 Å². The Labute approximate surface area is 115 Å². The van der Waals surface area contributed by atoms with Gasteiger partial charge in [-0.05, 0) is 38.8 Å². The molecule has 0 aliphatic heterocycles. The summed E-state index contributed by atoms with van der Waals surface area (Å²) in [6.45, 7) is 8.03. The van der Waals surface area contributed by atoms with Crippen molar-refractivity contribution in [3.05, 3.63) is 23.3 Å². The van der Waals surface area contributed by atoms with Crippen LogP contribution >= 0.6 is 0 Å². The molecule has 0 saturated carbocycles. The van der Waals surface area contributed by atoms with Crippen molar-refractivity contribution in [2.24, 2.45) is 0 Å². The van der Waals surface area contributed by atoms with Crippen molar-refractivity contribution < 1.29 is 13.2 Å². The van der Waals surface area contributed by atoms with E-state index in [1.54, 1.807) is 26.8 Å². The van der Waals surface area contributed by atoms with E-state index in [-0.39, 0.29) is 10.9 Å². The maximum absolute atomic E-state index is 12.4. The minimum atomic E-state index is -3.63. The van der Waals surface area contributed by atoms with Crippen LogP contribution in [0.5, 0.6) is 0 Å². The maximum atomic E-state index is 12.4. The molecule has 1 unspecified atom stereocenters. The highest BCUT2D eigenvalue weighted by Crippen LogP contribution is 2.25. The summed E-state index contributed by atoms with van der Waals surface area (Å²) in [6.07, 6.45) is 0. The third kappa shape index (κ3) is 3.92. The van der Waals surface area contributed by atoms with Gasteiger partial charge >= 0.3 is 0 Å². The van der Waals surface area contributed by atoms with Crippen molar-refractivity contribution in [3.63, 3.8) is 0 Å². The maximum Gasteiger partial charge on any atom is 0.243 e. The minimum Gasteiger partial charge on any atom is -0.397 e. The SMILES string of the molecule is CCOCC(C)NS(=O)(=O)c1c(C)ccc(C)c1N. The van der Waals surface area contributed by atoms with E-state index < -0.39 is 10.0 Å². The Hall–Kier alpha value is -1.11. The Morgan fingerprint density at radius 3 is 2.47 bits per heavy atom. The van der Waals surface area contributed by atoms with E-state index in [2.05, 4.69) is 4.72 Å². The molecular formula is C13H22N2O3S. The van der Waals surface area contributed by atoms with Crippen LogP contribution in [0.4, 0.5) is 5.69 Å². The summed E-state index contributed by atoms with van der Waals surface area (Å²) in [7, 11) is -3.63. The van der Waals surface area contributed by atoms with Gasteiger partial charge in [-0.2, -0.15) is 0 Å². The van der Waals surface area contributed by atoms with Gasteiger partial charge in [0.15, 0.2) is 0 Å². The zero-order valence-corrected chi connectivity index (χ0v) is 12.7. The number of benzene rings is 1. The third-order valence-corrected chi connectivity index (χ3v) is 4.60. The summed E-state index contributed by atoms with van der Waals surface area (Å²) >= 11 is 0. The van der Waals surface area contributed by atoms with E-state index in [0.29, 0.717) is 24.5 Å². The fourth-order valence-electron chi connectivity index (χ4n) is 1.82. The highest BCUT2D eigenvalue weighted by molar-refractivity contribution is 7.89. The zero-order valence-electron chi connectivity index (χ0n) is 11.9. The van der Waals surface area contributed by atoms with Gasteiger partial charge < -0.3 is 10.5 Å². The molecule has 0 spiro atoms. The van der Waals surface area contributed by atoms with Gasteiger partial charge in [-0.1, -0.05) is 12.1 Å². The van der Waals surface area contributed by atoms with Crippen molar-refractivity contribution in [3.8, 4) is 0 Å². The Morgan fingerprint density at radius 2 is 1.89 bits per heavy atom. The average molecular weight is 286 g/mol. The van der Waals surface area contributed by atoms with Crippen LogP contribution in [0.2, 0.25) is 0 Å². The first-order valence-electron chi connectivity index (χ1n) is 6.25. The molecule has 6 heteroatoms. The van der Waals surface area contributed by atoms with Crippen LogP contribution in [-0.4, -0.2) is 27.7 Å². The summed E-state index contributed by atoms with van der Waals surface area (Å²) < 4.78 is 32.5. The van der Waals surface area contributed by atoms with E-state index in [0.717, 1.165) is 5.56 Å². The van der Waals surface area contributed by atoms with E-state index in [1.165, 1.54) is 0 Å². The van der Waals surface area contributed by atoms with E-state index in [4.69, 9.17) is 10.5 Å². The molecular weight excluding hydrogens is 264 g/mol. The van der Waals surface area contributed by atoms with Crippen LogP contribution in [0.15, 0.2) is 17.0 Å². The topological polar surface area (TPSA) is 81.4 Å². The number of nitrogens with two attached hydrogens (primary N) is 1. The number of anilines is 1. The summed E-state index contributed by atoms with van der Waals surface area (Å²) in [4.78, 5) is 0.163. The van der Waals surface area contributed by atoms with Gasteiger partial charge in [0, 0.05) is 12.6 Å². The number of nitrogens with one attached hydrogen (secondary N) is 1. The van der Waals surface area contributed by atoms with Crippen molar-refractivity contribution in [2.75, 3.05) is 18.9 Å². The van der Waals surface area contributed by atoms with Crippen molar-refractivity contribution >= 4 is 15.7 Å². The van der Waals surface area contributed by atoms with Gasteiger partial charge in [0.2, 0.25) is 10.0 Å². The predicted octanol–water partition coefficient (Wildman–Crippen LogP) is 1.59. The zero-order chi connectivity index (χ0) is 14.6. The second-order valence-corrected chi connectivity index (χ2v) is 6.27. The first-order chi connectivity index (χ1) is 8.79. The van der Waals surface area contributed by atoms with E-state index in [1.807, 2.05) is 13.0 Å². The Kier molecular flexibility index (Phi) is 5.34. The number of hydrogen-bond donors (Lipinski definition) is 2. The number of nitrogen functional groups attached to an aromatic ring is 1. The van der Waals surface area contributed by atoms with Crippen LogP contribution in [0.1, 0.15) is 25.0 Å². The second kappa shape index (κ2) is 6.36. The van der Waals surface area contributed by atoms with Crippen molar-refractivity contribution in [2.45, 2.75) is 38.6 Å². The largest absolute Gasteiger partial charge is 0.397 e. The van der Waals surface area contributed by atoms with E-state index >= 15 is 0 Å². The molecule has 1 aromatic rings. The Morgan fingerprint density at radius 1 is 1.32 bits per heavy atom. The number of ether oxygens (including phenoxy) is 1. The molecule has 0 aliphatic carbocycles. The van der Waals surface area contributed by atoms with Crippen molar-refractivity contribution in [1.82, 2.24) is 4.72 Å². The highest BCUT2D eigenvalue weighted by atomic mass is 32.2. The second-order valence-electron chi connectivity index (χ2n) is 4.62. The smallest absolute Gasteiger partial charge is 0.243 e. The summed E-state index contributed by atoms with van der Waals surface area (Å²) in [5.74, 6) is 0. The fourth-order valence-corrected chi connectivity index (χ4v) is 3.47. The standard InChI is InChI=1S/C13H22N2O3S/c1-5-18-8-11(4)15-19(16,17)13-10(3)7-6-9(2)12(13)14/h6-7,11,15H,5,8,14H2,1-4H3. The number of rotatable bonds is 6. The lowest BCUT2D eigenvalue weighted by Crippen LogP contribution is -2.36. The van der Waals surface area contributed by atoms with Gasteiger partial charge in [-0.3, -0.25) is 0 Å². The van der Waals surface area contributed by atoms with Crippen LogP contribution in [0.3, 0.4) is 0 Å². The summed E-state index contributed by atoms with van der Waals surface area (Å²) in [5.41, 5.74) is 7.59. The van der Waals surface area contributed by atoms with Gasteiger partial charge in [-0.15, -0.1) is 0 Å². The Balaban J connectivity index is 3.04.